The summed E-state index contributed by atoms with van der Waals surface area (Å²) in [5.41, 5.74) is 3.85. The van der Waals surface area contributed by atoms with Crippen LogP contribution in [0.3, 0.4) is 0 Å². The minimum atomic E-state index is -0.618. The SMILES string of the molecule is COC(=O)c1cc(NC(=O)c2c3c(nc4ccccc24)CCCC3)cc(C(=O)OC)c1. The van der Waals surface area contributed by atoms with Gasteiger partial charge in [-0.3, -0.25) is 9.78 Å². The Bertz CT molecular complexity index is 1170. The van der Waals surface area contributed by atoms with Crippen LogP contribution in [0.2, 0.25) is 0 Å². The molecule has 4 rings (SSSR count). The van der Waals surface area contributed by atoms with Crippen LogP contribution in [-0.4, -0.2) is 37.0 Å². The van der Waals surface area contributed by atoms with Gasteiger partial charge in [0.05, 0.1) is 36.4 Å². The lowest BCUT2D eigenvalue weighted by atomic mass is 9.89. The van der Waals surface area contributed by atoms with E-state index < -0.39 is 11.9 Å². The number of esters is 2. The van der Waals surface area contributed by atoms with Crippen LogP contribution >= 0.6 is 0 Å². The number of pyridine rings is 1. The van der Waals surface area contributed by atoms with Crippen molar-refractivity contribution in [2.24, 2.45) is 0 Å². The fourth-order valence-electron chi connectivity index (χ4n) is 4.00. The summed E-state index contributed by atoms with van der Waals surface area (Å²) in [5, 5.41) is 3.63. The van der Waals surface area contributed by atoms with Gasteiger partial charge < -0.3 is 14.8 Å². The van der Waals surface area contributed by atoms with Crippen molar-refractivity contribution in [3.05, 3.63) is 70.4 Å². The third-order valence-electron chi connectivity index (χ3n) is 5.43. The van der Waals surface area contributed by atoms with Crippen LogP contribution in [0.4, 0.5) is 5.69 Å². The number of amides is 1. The van der Waals surface area contributed by atoms with E-state index in [1.165, 1.54) is 32.4 Å². The number of anilines is 1. The first-order valence-corrected chi connectivity index (χ1v) is 10.1. The van der Waals surface area contributed by atoms with Crippen LogP contribution in [0.15, 0.2) is 42.5 Å². The maximum atomic E-state index is 13.4. The Labute approximate surface area is 179 Å². The van der Waals surface area contributed by atoms with Crippen molar-refractivity contribution in [1.29, 1.82) is 0 Å². The molecule has 0 fully saturated rings. The molecule has 1 aliphatic carbocycles. The number of methoxy groups -OCH3 is 2. The molecule has 0 radical (unpaired) electrons. The second kappa shape index (κ2) is 8.55. The van der Waals surface area contributed by atoms with Crippen LogP contribution in [0.1, 0.15) is 55.2 Å². The number of para-hydroxylation sites is 1. The molecule has 0 saturated carbocycles. The summed E-state index contributed by atoms with van der Waals surface area (Å²) >= 11 is 0. The highest BCUT2D eigenvalue weighted by Crippen LogP contribution is 2.30. The summed E-state index contributed by atoms with van der Waals surface area (Å²) in [4.78, 5) is 42.3. The number of ether oxygens (including phenoxy) is 2. The lowest BCUT2D eigenvalue weighted by molar-refractivity contribution is 0.0599. The Kier molecular flexibility index (Phi) is 5.66. The van der Waals surface area contributed by atoms with Crippen LogP contribution < -0.4 is 5.32 Å². The first-order chi connectivity index (χ1) is 15.0. The minimum Gasteiger partial charge on any atom is -0.465 e. The van der Waals surface area contributed by atoms with Gasteiger partial charge in [-0.15, -0.1) is 0 Å². The average Bonchev–Trinajstić information content (AvgIpc) is 2.80. The number of fused-ring (bicyclic) bond motifs is 2. The van der Waals surface area contributed by atoms with Crippen molar-refractivity contribution in [2.45, 2.75) is 25.7 Å². The van der Waals surface area contributed by atoms with E-state index in [4.69, 9.17) is 14.5 Å². The largest absolute Gasteiger partial charge is 0.465 e. The second-order valence-electron chi connectivity index (χ2n) is 7.37. The number of aryl methyl sites for hydroxylation is 1. The number of nitrogens with zero attached hydrogens (tertiary/aromatic N) is 1. The predicted octanol–water partition coefficient (Wildman–Crippen LogP) is 3.94. The molecule has 7 nitrogen and oxygen atoms in total. The van der Waals surface area contributed by atoms with Crippen molar-refractivity contribution in [1.82, 2.24) is 4.98 Å². The van der Waals surface area contributed by atoms with Gasteiger partial charge in [0.2, 0.25) is 0 Å². The molecule has 0 unspecified atom stereocenters. The van der Waals surface area contributed by atoms with E-state index in [0.29, 0.717) is 11.3 Å². The number of carbonyl (C=O) groups is 3. The molecule has 0 saturated heterocycles. The number of hydrogen-bond donors (Lipinski definition) is 1. The number of nitrogens with one attached hydrogen (secondary N) is 1. The van der Waals surface area contributed by atoms with E-state index >= 15 is 0 Å². The molecular weight excluding hydrogens is 396 g/mol. The quantitative estimate of drug-likeness (QED) is 0.645. The fraction of sp³-hybridized carbons (Fsp3) is 0.250. The molecule has 1 aliphatic rings. The molecule has 2 aromatic carbocycles. The Morgan fingerprint density at radius 2 is 1.55 bits per heavy atom. The summed E-state index contributed by atoms with van der Waals surface area (Å²) in [6, 6.07) is 11.9. The van der Waals surface area contributed by atoms with E-state index in [1.54, 1.807) is 0 Å². The van der Waals surface area contributed by atoms with Crippen molar-refractivity contribution in [3.63, 3.8) is 0 Å². The molecule has 0 bridgehead atoms. The lowest BCUT2D eigenvalue weighted by Crippen LogP contribution is -2.19. The van der Waals surface area contributed by atoms with Gasteiger partial charge in [0.15, 0.2) is 0 Å². The maximum absolute atomic E-state index is 13.4. The summed E-state index contributed by atoms with van der Waals surface area (Å²) in [7, 11) is 2.50. The first-order valence-electron chi connectivity index (χ1n) is 10.1. The Morgan fingerprint density at radius 3 is 2.23 bits per heavy atom. The highest BCUT2D eigenvalue weighted by Gasteiger charge is 2.23. The number of benzene rings is 2. The fourth-order valence-corrected chi connectivity index (χ4v) is 4.00. The van der Waals surface area contributed by atoms with Crippen LogP contribution in [0, 0.1) is 0 Å². The van der Waals surface area contributed by atoms with E-state index in [9.17, 15) is 14.4 Å². The zero-order chi connectivity index (χ0) is 22.0. The molecule has 31 heavy (non-hydrogen) atoms. The van der Waals surface area contributed by atoms with Crippen LogP contribution in [0.25, 0.3) is 10.9 Å². The topological polar surface area (TPSA) is 94.6 Å². The molecule has 1 heterocycles. The standard InChI is InChI=1S/C24H22N2O5/c1-30-23(28)14-11-15(24(29)31-2)13-16(12-14)25-22(27)21-17-7-3-5-9-19(17)26-20-10-6-4-8-18(20)21/h3,5,7,9,11-13H,4,6,8,10H2,1-2H3,(H,25,27). The van der Waals surface area contributed by atoms with Crippen molar-refractivity contribution in [3.8, 4) is 0 Å². The summed E-state index contributed by atoms with van der Waals surface area (Å²) in [6.45, 7) is 0. The van der Waals surface area contributed by atoms with Crippen LogP contribution in [0.5, 0.6) is 0 Å². The Hall–Kier alpha value is -3.74. The summed E-state index contributed by atoms with van der Waals surface area (Å²) in [5.74, 6) is -1.55. The molecule has 0 aliphatic heterocycles. The van der Waals surface area contributed by atoms with Gasteiger partial charge in [0.1, 0.15) is 0 Å². The van der Waals surface area contributed by atoms with Crippen molar-refractivity contribution in [2.75, 3.05) is 19.5 Å². The summed E-state index contributed by atoms with van der Waals surface area (Å²) in [6.07, 6.45) is 3.66. The predicted molar refractivity (Wildman–Crippen MR) is 115 cm³/mol. The maximum Gasteiger partial charge on any atom is 0.337 e. The van der Waals surface area contributed by atoms with Crippen LogP contribution in [-0.2, 0) is 22.3 Å². The van der Waals surface area contributed by atoms with E-state index in [0.717, 1.165) is 47.8 Å². The van der Waals surface area contributed by atoms with Gasteiger partial charge in [0, 0.05) is 16.8 Å². The molecule has 0 spiro atoms. The molecule has 1 aromatic heterocycles. The smallest absolute Gasteiger partial charge is 0.337 e. The zero-order valence-electron chi connectivity index (χ0n) is 17.4. The van der Waals surface area contributed by atoms with Gasteiger partial charge in [-0.1, -0.05) is 18.2 Å². The number of rotatable bonds is 4. The third kappa shape index (κ3) is 3.99. The van der Waals surface area contributed by atoms with E-state index in [-0.39, 0.29) is 17.0 Å². The van der Waals surface area contributed by atoms with E-state index in [1.807, 2.05) is 24.3 Å². The second-order valence-corrected chi connectivity index (χ2v) is 7.37. The Morgan fingerprint density at radius 1 is 0.903 bits per heavy atom. The number of carbonyl (C=O) groups excluding carboxylic acids is 3. The van der Waals surface area contributed by atoms with E-state index in [2.05, 4.69) is 5.32 Å². The average molecular weight is 418 g/mol. The van der Waals surface area contributed by atoms with Gasteiger partial charge in [-0.05, 0) is 55.5 Å². The molecule has 1 amide bonds. The molecule has 3 aromatic rings. The van der Waals surface area contributed by atoms with Crippen molar-refractivity contribution < 1.29 is 23.9 Å². The molecule has 1 N–H and O–H groups in total. The minimum absolute atomic E-state index is 0.141. The normalized spacial score (nSPS) is 12.7. The number of hydrogen-bond acceptors (Lipinski definition) is 6. The molecular formula is C24H22N2O5. The van der Waals surface area contributed by atoms with Gasteiger partial charge >= 0.3 is 11.9 Å². The Balaban J connectivity index is 1.79. The monoisotopic (exact) mass is 418 g/mol. The van der Waals surface area contributed by atoms with Gasteiger partial charge in [-0.2, -0.15) is 0 Å². The first kappa shape index (κ1) is 20.5. The van der Waals surface area contributed by atoms with Gasteiger partial charge in [0.25, 0.3) is 5.91 Å². The highest BCUT2D eigenvalue weighted by molar-refractivity contribution is 6.14. The summed E-state index contributed by atoms with van der Waals surface area (Å²) < 4.78 is 9.54. The lowest BCUT2D eigenvalue weighted by Gasteiger charge is -2.20. The zero-order valence-corrected chi connectivity index (χ0v) is 17.4. The number of aromatic nitrogens is 1. The van der Waals surface area contributed by atoms with Crippen molar-refractivity contribution >= 4 is 34.4 Å². The molecule has 158 valence electrons. The molecule has 7 heteroatoms. The van der Waals surface area contributed by atoms with Gasteiger partial charge in [-0.25, -0.2) is 9.59 Å². The molecule has 0 atom stereocenters. The third-order valence-corrected chi connectivity index (χ3v) is 5.43. The highest BCUT2D eigenvalue weighted by atomic mass is 16.5.